The third-order valence-corrected chi connectivity index (χ3v) is 10.2. The van der Waals surface area contributed by atoms with Gasteiger partial charge >= 0.3 is 5.97 Å². The number of carbonyl (C=O) groups excluding carboxylic acids is 1. The molecular weight excluding hydrogens is 599 g/mol. The number of hydrogen-bond acceptors (Lipinski definition) is 8. The summed E-state index contributed by atoms with van der Waals surface area (Å²) in [6.07, 6.45) is 3.87. The summed E-state index contributed by atoms with van der Waals surface area (Å²) >= 11 is 0. The number of carbonyl (C=O) groups is 2. The van der Waals surface area contributed by atoms with Gasteiger partial charge in [0.1, 0.15) is 0 Å². The molecule has 1 aliphatic rings. The Bertz CT molecular complexity index is 1870. The van der Waals surface area contributed by atoms with E-state index in [0.717, 1.165) is 10.8 Å². The van der Waals surface area contributed by atoms with Crippen LogP contribution in [0.3, 0.4) is 0 Å². The predicted octanol–water partition coefficient (Wildman–Crippen LogP) is 4.83. The molecule has 1 aliphatic heterocycles. The van der Waals surface area contributed by atoms with Gasteiger partial charge in [-0.25, -0.2) is 18.7 Å². The number of ether oxygens (including phenoxy) is 1. The number of halogens is 1. The van der Waals surface area contributed by atoms with Crippen molar-refractivity contribution in [2.45, 2.75) is 43.7 Å². The standard InChI is InChI=1S/C33H35FN4O6S/c1-4-20-16-26(29(34)27(17-20)44-3)31(38(35)23-11-10-22-19-36-14-12-21(22)18-23)32(39)37-15-13-25(33(40)41)30(37)24-8-6-7-9-28(24)45(42,43)5-2/h6-12,14,16-19,25,30-31H,4-5,13,15,35H2,1-3H3,(H,40,41)/t25-,30-,31+/m0/s1. The Labute approximate surface area is 261 Å². The fourth-order valence-corrected chi connectivity index (χ4v) is 7.16. The van der Waals surface area contributed by atoms with E-state index in [1.54, 1.807) is 60.9 Å². The van der Waals surface area contributed by atoms with E-state index >= 15 is 4.39 Å². The minimum atomic E-state index is -3.79. The van der Waals surface area contributed by atoms with E-state index in [1.165, 1.54) is 36.1 Å². The SMILES string of the molecule is CCc1cc(OC)c(F)c([C@H](C(=O)N2CC[C@H](C(=O)O)[C@@H]2c2ccccc2S(=O)(=O)CC)N(N)c2ccc3cnccc3c2)c1. The Morgan fingerprint density at radius 3 is 2.58 bits per heavy atom. The number of aliphatic carboxylic acids is 1. The lowest BCUT2D eigenvalue weighted by Crippen LogP contribution is -2.47. The highest BCUT2D eigenvalue weighted by atomic mass is 32.2. The first kappa shape index (κ1) is 31.9. The Morgan fingerprint density at radius 1 is 1.13 bits per heavy atom. The second-order valence-electron chi connectivity index (χ2n) is 10.9. The number of benzene rings is 3. The zero-order valence-corrected chi connectivity index (χ0v) is 26.0. The predicted molar refractivity (Wildman–Crippen MR) is 168 cm³/mol. The van der Waals surface area contributed by atoms with Gasteiger partial charge in [0, 0.05) is 29.9 Å². The summed E-state index contributed by atoms with van der Waals surface area (Å²) in [4.78, 5) is 32.7. The van der Waals surface area contributed by atoms with Gasteiger partial charge in [-0.3, -0.25) is 19.6 Å². The second-order valence-corrected chi connectivity index (χ2v) is 13.2. The van der Waals surface area contributed by atoms with Crippen LogP contribution in [0.1, 0.15) is 49.0 Å². The van der Waals surface area contributed by atoms with Crippen molar-refractivity contribution in [2.75, 3.05) is 24.4 Å². The molecule has 3 aromatic carbocycles. The van der Waals surface area contributed by atoms with Gasteiger partial charge in [0.25, 0.3) is 5.91 Å². The van der Waals surface area contributed by atoms with Crippen LogP contribution in [0.4, 0.5) is 10.1 Å². The largest absolute Gasteiger partial charge is 0.494 e. The Balaban J connectivity index is 1.70. The molecule has 1 amide bonds. The summed E-state index contributed by atoms with van der Waals surface area (Å²) in [5, 5.41) is 13.0. The van der Waals surface area contributed by atoms with Crippen molar-refractivity contribution < 1.29 is 32.2 Å². The maximum absolute atomic E-state index is 16.1. The normalized spacial score (nSPS) is 17.3. The number of hydrazine groups is 1. The molecule has 1 saturated heterocycles. The van der Waals surface area contributed by atoms with Crippen molar-refractivity contribution in [3.05, 3.63) is 95.6 Å². The summed E-state index contributed by atoms with van der Waals surface area (Å²) in [6, 6.07) is 13.6. The molecule has 3 N–H and O–H groups in total. The number of nitrogens with zero attached hydrogens (tertiary/aromatic N) is 3. The lowest BCUT2D eigenvalue weighted by molar-refractivity contribution is -0.143. The molecule has 12 heteroatoms. The molecule has 4 aromatic rings. The number of methoxy groups -OCH3 is 1. The van der Waals surface area contributed by atoms with Gasteiger partial charge in [-0.05, 0) is 65.8 Å². The Hall–Kier alpha value is -4.55. The maximum atomic E-state index is 16.1. The molecule has 1 aromatic heterocycles. The van der Waals surface area contributed by atoms with Crippen LogP contribution in [0.2, 0.25) is 0 Å². The second kappa shape index (κ2) is 12.8. The highest BCUT2D eigenvalue weighted by molar-refractivity contribution is 7.91. The number of carboxylic acid groups (broad SMARTS) is 1. The first-order valence-corrected chi connectivity index (χ1v) is 16.3. The van der Waals surface area contributed by atoms with Crippen LogP contribution in [-0.4, -0.2) is 54.7 Å². The van der Waals surface area contributed by atoms with Crippen LogP contribution < -0.4 is 15.6 Å². The minimum Gasteiger partial charge on any atom is -0.494 e. The number of likely N-dealkylation sites (tertiary alicyclic amines) is 1. The van der Waals surface area contributed by atoms with Gasteiger partial charge in [0.15, 0.2) is 27.4 Å². The summed E-state index contributed by atoms with van der Waals surface area (Å²) < 4.78 is 47.7. The van der Waals surface area contributed by atoms with E-state index in [0.29, 0.717) is 17.7 Å². The topological polar surface area (TPSA) is 143 Å². The highest BCUT2D eigenvalue weighted by Gasteiger charge is 2.47. The number of anilines is 1. The van der Waals surface area contributed by atoms with E-state index in [2.05, 4.69) is 4.98 Å². The fraction of sp³-hybridized carbons (Fsp3) is 0.303. The number of sulfone groups is 1. The van der Waals surface area contributed by atoms with Crippen molar-refractivity contribution in [1.29, 1.82) is 0 Å². The first-order chi connectivity index (χ1) is 21.5. The summed E-state index contributed by atoms with van der Waals surface area (Å²) in [7, 11) is -2.46. The number of amides is 1. The summed E-state index contributed by atoms with van der Waals surface area (Å²) in [6.45, 7) is 3.36. The van der Waals surface area contributed by atoms with E-state index < -0.39 is 45.5 Å². The quantitative estimate of drug-likeness (QED) is 0.185. The molecule has 0 bridgehead atoms. The zero-order valence-electron chi connectivity index (χ0n) is 25.2. The van der Waals surface area contributed by atoms with Crippen molar-refractivity contribution in [3.8, 4) is 5.75 Å². The van der Waals surface area contributed by atoms with E-state index in [-0.39, 0.29) is 40.5 Å². The molecule has 0 aliphatic carbocycles. The maximum Gasteiger partial charge on any atom is 0.309 e. The zero-order chi connectivity index (χ0) is 32.5. The monoisotopic (exact) mass is 634 g/mol. The molecule has 0 spiro atoms. The third-order valence-electron chi connectivity index (χ3n) is 8.44. The number of fused-ring (bicyclic) bond motifs is 1. The van der Waals surface area contributed by atoms with Crippen LogP contribution in [0.5, 0.6) is 5.75 Å². The number of aromatic nitrogens is 1. The number of hydrogen-bond donors (Lipinski definition) is 2. The van der Waals surface area contributed by atoms with Crippen molar-refractivity contribution in [2.24, 2.45) is 11.8 Å². The summed E-state index contributed by atoms with van der Waals surface area (Å²) in [5.74, 6) is 2.70. The lowest BCUT2D eigenvalue weighted by Gasteiger charge is -2.36. The minimum absolute atomic E-state index is 0.0130. The molecule has 0 saturated carbocycles. The molecule has 3 atom stereocenters. The van der Waals surface area contributed by atoms with Gasteiger partial charge in [0.05, 0.1) is 35.4 Å². The Morgan fingerprint density at radius 2 is 1.89 bits per heavy atom. The van der Waals surface area contributed by atoms with Gasteiger partial charge in [-0.2, -0.15) is 0 Å². The van der Waals surface area contributed by atoms with Crippen LogP contribution in [0.25, 0.3) is 10.8 Å². The van der Waals surface area contributed by atoms with Gasteiger partial charge in [-0.1, -0.05) is 38.1 Å². The number of aryl methyl sites for hydroxylation is 1. The number of nitrogens with two attached hydrogens (primary N) is 1. The average molecular weight is 635 g/mol. The van der Waals surface area contributed by atoms with Crippen LogP contribution in [0, 0.1) is 11.7 Å². The van der Waals surface area contributed by atoms with E-state index in [9.17, 15) is 23.1 Å². The summed E-state index contributed by atoms with van der Waals surface area (Å²) in [5.41, 5.74) is 1.23. The lowest BCUT2D eigenvalue weighted by atomic mass is 9.92. The van der Waals surface area contributed by atoms with Crippen molar-refractivity contribution in [1.82, 2.24) is 9.88 Å². The molecule has 0 radical (unpaired) electrons. The fourth-order valence-electron chi connectivity index (χ4n) is 6.02. The molecule has 5 rings (SSSR count). The molecule has 2 heterocycles. The number of rotatable bonds is 10. The highest BCUT2D eigenvalue weighted by Crippen LogP contribution is 2.43. The first-order valence-electron chi connectivity index (χ1n) is 14.6. The van der Waals surface area contributed by atoms with Gasteiger partial charge in [0.2, 0.25) is 0 Å². The molecular formula is C33H35FN4O6S. The number of pyridine rings is 1. The Kier molecular flexibility index (Phi) is 9.08. The van der Waals surface area contributed by atoms with Gasteiger partial charge < -0.3 is 14.7 Å². The molecule has 236 valence electrons. The van der Waals surface area contributed by atoms with E-state index in [1.807, 2.05) is 6.92 Å². The number of carboxylic acids is 1. The van der Waals surface area contributed by atoms with E-state index in [4.69, 9.17) is 10.6 Å². The van der Waals surface area contributed by atoms with Crippen molar-refractivity contribution >= 4 is 38.2 Å². The van der Waals surface area contributed by atoms with Crippen LogP contribution >= 0.6 is 0 Å². The van der Waals surface area contributed by atoms with Crippen LogP contribution in [0.15, 0.2) is 78.0 Å². The average Bonchev–Trinajstić information content (AvgIpc) is 3.51. The smallest absolute Gasteiger partial charge is 0.309 e. The molecule has 0 unspecified atom stereocenters. The van der Waals surface area contributed by atoms with Gasteiger partial charge in [-0.15, -0.1) is 0 Å². The molecule has 45 heavy (non-hydrogen) atoms. The molecule has 1 fully saturated rings. The van der Waals surface area contributed by atoms with Crippen LogP contribution in [-0.2, 0) is 25.8 Å². The van der Waals surface area contributed by atoms with Crippen molar-refractivity contribution in [3.63, 3.8) is 0 Å². The molecule has 10 nitrogen and oxygen atoms in total. The third kappa shape index (κ3) is 5.95.